The Bertz CT molecular complexity index is 1180. The van der Waals surface area contributed by atoms with Gasteiger partial charge >= 0.3 is 6.18 Å². The quantitative estimate of drug-likeness (QED) is 0.607. The predicted octanol–water partition coefficient (Wildman–Crippen LogP) is 4.67. The first-order valence-corrected chi connectivity index (χ1v) is 11.4. The number of fused-ring (bicyclic) bond motifs is 2. The van der Waals surface area contributed by atoms with Crippen molar-refractivity contribution in [3.8, 4) is 5.75 Å². The maximum atomic E-state index is 12.9. The summed E-state index contributed by atoms with van der Waals surface area (Å²) < 4.78 is 71.7. The van der Waals surface area contributed by atoms with Crippen molar-refractivity contribution in [3.63, 3.8) is 0 Å². The summed E-state index contributed by atoms with van der Waals surface area (Å²) in [5, 5.41) is 2.80. The zero-order valence-corrected chi connectivity index (χ0v) is 17.8. The average Bonchev–Trinajstić information content (AvgIpc) is 3.36. The number of hydrogen-bond donors (Lipinski definition) is 2. The molecule has 0 aliphatic heterocycles. The van der Waals surface area contributed by atoms with Crippen LogP contribution in [0.1, 0.15) is 18.4 Å². The molecule has 2 aliphatic rings. The molecule has 2 bridgehead atoms. The number of benzene rings is 2. The Hall–Kier alpha value is -3.01. The van der Waals surface area contributed by atoms with E-state index in [-0.39, 0.29) is 34.1 Å². The Kier molecular flexibility index (Phi) is 5.66. The van der Waals surface area contributed by atoms with Gasteiger partial charge in [0, 0.05) is 23.4 Å². The molecule has 0 radical (unpaired) electrons. The fourth-order valence-electron chi connectivity index (χ4n) is 4.25. The smallest absolute Gasteiger partial charge is 0.416 e. The number of alkyl halides is 3. The van der Waals surface area contributed by atoms with Crippen molar-refractivity contribution in [2.75, 3.05) is 17.1 Å². The molecule has 2 aromatic rings. The molecule has 170 valence electrons. The van der Waals surface area contributed by atoms with Gasteiger partial charge in [-0.15, -0.1) is 0 Å². The second-order valence-corrected chi connectivity index (χ2v) is 9.58. The molecule has 0 spiro atoms. The highest BCUT2D eigenvalue weighted by molar-refractivity contribution is 7.92. The monoisotopic (exact) mass is 466 g/mol. The molecule has 0 aromatic heterocycles. The number of allylic oxidation sites excluding steroid dienone is 2. The minimum absolute atomic E-state index is 0.0462. The highest BCUT2D eigenvalue weighted by Crippen LogP contribution is 2.44. The number of amides is 1. The van der Waals surface area contributed by atoms with Crippen molar-refractivity contribution in [3.05, 3.63) is 60.2 Å². The summed E-state index contributed by atoms with van der Waals surface area (Å²) in [4.78, 5) is 12.4. The van der Waals surface area contributed by atoms with Crippen LogP contribution in [-0.4, -0.2) is 21.4 Å². The fourth-order valence-corrected chi connectivity index (χ4v) is 5.46. The van der Waals surface area contributed by atoms with E-state index in [2.05, 4.69) is 22.2 Å². The van der Waals surface area contributed by atoms with Crippen LogP contribution in [0.25, 0.3) is 0 Å². The van der Waals surface area contributed by atoms with E-state index < -0.39 is 21.8 Å². The highest BCUT2D eigenvalue weighted by atomic mass is 32.2. The van der Waals surface area contributed by atoms with E-state index in [1.165, 1.54) is 31.4 Å². The molecule has 1 fully saturated rings. The number of carbonyl (C=O) groups excluding carboxylic acids is 1. The third kappa shape index (κ3) is 4.45. The van der Waals surface area contributed by atoms with Gasteiger partial charge in [0.25, 0.3) is 10.0 Å². The maximum Gasteiger partial charge on any atom is 0.416 e. The van der Waals surface area contributed by atoms with E-state index in [4.69, 9.17) is 4.74 Å². The lowest BCUT2D eigenvalue weighted by atomic mass is 9.93. The molecule has 4 rings (SSSR count). The van der Waals surface area contributed by atoms with Gasteiger partial charge in [-0.05, 0) is 55.0 Å². The zero-order valence-electron chi connectivity index (χ0n) is 17.0. The van der Waals surface area contributed by atoms with Crippen LogP contribution in [0.15, 0.2) is 59.5 Å². The Labute approximate surface area is 183 Å². The maximum absolute atomic E-state index is 12.9. The second-order valence-electron chi connectivity index (χ2n) is 7.93. The van der Waals surface area contributed by atoms with Crippen LogP contribution < -0.4 is 14.8 Å². The SMILES string of the molecule is COc1cc(NC(=O)C2CC3C=CC2C3)ccc1S(=O)(=O)Nc1cccc(C(F)(F)F)c1. The van der Waals surface area contributed by atoms with Gasteiger partial charge in [-0.2, -0.15) is 13.2 Å². The number of nitrogens with one attached hydrogen (secondary N) is 2. The molecule has 3 unspecified atom stereocenters. The van der Waals surface area contributed by atoms with Crippen LogP contribution in [0.4, 0.5) is 24.5 Å². The number of rotatable bonds is 6. The number of ether oxygens (including phenoxy) is 1. The third-order valence-corrected chi connectivity index (χ3v) is 7.20. The molecule has 2 N–H and O–H groups in total. The molecule has 2 aliphatic carbocycles. The molecule has 6 nitrogen and oxygen atoms in total. The number of methoxy groups -OCH3 is 1. The third-order valence-electron chi connectivity index (χ3n) is 5.78. The number of anilines is 2. The Morgan fingerprint density at radius 2 is 1.84 bits per heavy atom. The van der Waals surface area contributed by atoms with E-state index >= 15 is 0 Å². The van der Waals surface area contributed by atoms with Crippen molar-refractivity contribution in [1.82, 2.24) is 0 Å². The topological polar surface area (TPSA) is 84.5 Å². The lowest BCUT2D eigenvalue weighted by Gasteiger charge is -2.18. The molecule has 1 amide bonds. The van der Waals surface area contributed by atoms with Crippen LogP contribution in [-0.2, 0) is 21.0 Å². The Balaban J connectivity index is 1.53. The molecule has 1 saturated carbocycles. The van der Waals surface area contributed by atoms with E-state index in [1.807, 2.05) is 0 Å². The minimum atomic E-state index is -4.60. The molecule has 32 heavy (non-hydrogen) atoms. The van der Waals surface area contributed by atoms with Crippen molar-refractivity contribution < 1.29 is 31.1 Å². The molecule has 10 heteroatoms. The summed E-state index contributed by atoms with van der Waals surface area (Å²) in [5.74, 6) is 0.344. The minimum Gasteiger partial charge on any atom is -0.495 e. The summed E-state index contributed by atoms with van der Waals surface area (Å²) in [5.41, 5.74) is -0.835. The fraction of sp³-hybridized carbons (Fsp3) is 0.318. The number of halogens is 3. The largest absolute Gasteiger partial charge is 0.495 e. The van der Waals surface area contributed by atoms with Crippen LogP contribution in [0.2, 0.25) is 0 Å². The van der Waals surface area contributed by atoms with Gasteiger partial charge in [-0.1, -0.05) is 18.2 Å². The van der Waals surface area contributed by atoms with E-state index in [9.17, 15) is 26.4 Å². The van der Waals surface area contributed by atoms with Crippen LogP contribution in [0.3, 0.4) is 0 Å². The summed E-state index contributed by atoms with van der Waals surface area (Å²) in [6, 6.07) is 7.93. The molecule has 0 heterocycles. The molecular formula is C22H21F3N2O4S. The lowest BCUT2D eigenvalue weighted by molar-refractivity contribution is -0.137. The lowest BCUT2D eigenvalue weighted by Crippen LogP contribution is -2.26. The summed E-state index contributed by atoms with van der Waals surface area (Å²) >= 11 is 0. The Morgan fingerprint density at radius 3 is 2.47 bits per heavy atom. The van der Waals surface area contributed by atoms with E-state index in [0.717, 1.165) is 25.0 Å². The second kappa shape index (κ2) is 8.16. The van der Waals surface area contributed by atoms with Crippen molar-refractivity contribution in [1.29, 1.82) is 0 Å². The molecular weight excluding hydrogens is 445 g/mol. The standard InChI is InChI=1S/C22H21F3N2O4S/c1-31-19-12-16(26-21(28)18-10-13-5-6-14(18)9-13)7-8-20(19)32(29,30)27-17-4-2-3-15(11-17)22(23,24)25/h2-8,11-14,18,27H,9-10H2,1H3,(H,26,28). The summed E-state index contributed by atoms with van der Waals surface area (Å²) in [6.45, 7) is 0. The van der Waals surface area contributed by atoms with Gasteiger partial charge in [-0.25, -0.2) is 8.42 Å². The highest BCUT2D eigenvalue weighted by Gasteiger charge is 2.39. The van der Waals surface area contributed by atoms with Crippen LogP contribution in [0.5, 0.6) is 5.75 Å². The van der Waals surface area contributed by atoms with E-state index in [0.29, 0.717) is 17.7 Å². The average molecular weight is 466 g/mol. The van der Waals surface area contributed by atoms with Crippen molar-refractivity contribution in [2.45, 2.75) is 23.9 Å². The van der Waals surface area contributed by atoms with Gasteiger partial charge in [0.2, 0.25) is 5.91 Å². The zero-order chi connectivity index (χ0) is 23.1. The van der Waals surface area contributed by atoms with E-state index in [1.54, 1.807) is 0 Å². The summed E-state index contributed by atoms with van der Waals surface area (Å²) in [7, 11) is -2.98. The van der Waals surface area contributed by atoms with Crippen molar-refractivity contribution >= 4 is 27.3 Å². The van der Waals surface area contributed by atoms with Crippen LogP contribution >= 0.6 is 0 Å². The first kappa shape index (κ1) is 22.2. The van der Waals surface area contributed by atoms with Gasteiger partial charge in [0.05, 0.1) is 12.7 Å². The van der Waals surface area contributed by atoms with Gasteiger partial charge in [-0.3, -0.25) is 9.52 Å². The molecule has 0 saturated heterocycles. The molecule has 2 aromatic carbocycles. The van der Waals surface area contributed by atoms with Crippen LogP contribution in [0, 0.1) is 17.8 Å². The predicted molar refractivity (Wildman–Crippen MR) is 113 cm³/mol. The number of sulfonamides is 1. The first-order chi connectivity index (χ1) is 15.1. The number of carbonyl (C=O) groups is 1. The van der Waals surface area contributed by atoms with Gasteiger partial charge in [0.1, 0.15) is 10.6 Å². The normalized spacial score (nSPS) is 22.1. The van der Waals surface area contributed by atoms with Crippen molar-refractivity contribution in [2.24, 2.45) is 17.8 Å². The van der Waals surface area contributed by atoms with Gasteiger partial charge < -0.3 is 10.1 Å². The number of hydrogen-bond acceptors (Lipinski definition) is 4. The summed E-state index contributed by atoms with van der Waals surface area (Å²) in [6.07, 6.45) is 1.35. The van der Waals surface area contributed by atoms with Gasteiger partial charge in [0.15, 0.2) is 0 Å². The Morgan fingerprint density at radius 1 is 1.06 bits per heavy atom. The molecule has 3 atom stereocenters. The first-order valence-electron chi connectivity index (χ1n) is 9.94.